The molecular weight excluding hydrogens is 340 g/mol. The van der Waals surface area contributed by atoms with Gasteiger partial charge in [-0.05, 0) is 24.3 Å². The fourth-order valence-corrected chi connectivity index (χ4v) is 2.45. The highest BCUT2D eigenvalue weighted by Crippen LogP contribution is 2.35. The summed E-state index contributed by atoms with van der Waals surface area (Å²) in [6.45, 7) is 0.0501. The van der Waals surface area contributed by atoms with Crippen molar-refractivity contribution in [3.05, 3.63) is 62.3 Å². The van der Waals surface area contributed by atoms with Crippen LogP contribution < -0.4 is 10.5 Å². The van der Waals surface area contributed by atoms with Crippen molar-refractivity contribution in [2.24, 2.45) is 5.73 Å². The Labute approximate surface area is 135 Å². The van der Waals surface area contributed by atoms with E-state index in [2.05, 4.69) is 0 Å². The lowest BCUT2D eigenvalue weighted by molar-refractivity contribution is 0.1000. The van der Waals surface area contributed by atoms with E-state index in [1.165, 1.54) is 30.3 Å². The summed E-state index contributed by atoms with van der Waals surface area (Å²) in [6.07, 6.45) is 0. The molecule has 2 rings (SSSR count). The summed E-state index contributed by atoms with van der Waals surface area (Å²) in [7, 11) is 0. The number of amides is 1. The lowest BCUT2D eigenvalue weighted by atomic mass is 10.2. The molecule has 7 heteroatoms. The third-order valence-corrected chi connectivity index (χ3v) is 3.58. The molecule has 0 atom stereocenters. The van der Waals surface area contributed by atoms with E-state index in [-0.39, 0.29) is 33.0 Å². The molecule has 0 aromatic heterocycles. The van der Waals surface area contributed by atoms with Crippen molar-refractivity contribution in [1.82, 2.24) is 0 Å². The quantitative estimate of drug-likeness (QED) is 0.886. The first-order valence-electron chi connectivity index (χ1n) is 5.74. The summed E-state index contributed by atoms with van der Waals surface area (Å²) >= 11 is 17.9. The molecule has 0 aliphatic rings. The Kier molecular flexibility index (Phi) is 4.93. The van der Waals surface area contributed by atoms with Crippen LogP contribution in [-0.4, -0.2) is 5.91 Å². The number of ether oxygens (including phenoxy) is 1. The number of rotatable bonds is 4. The second-order valence-corrected chi connectivity index (χ2v) is 5.38. The minimum Gasteiger partial charge on any atom is -0.486 e. The van der Waals surface area contributed by atoms with Gasteiger partial charge in [-0.1, -0.05) is 40.9 Å². The predicted octanol–water partition coefficient (Wildman–Crippen LogP) is 4.46. The summed E-state index contributed by atoms with van der Waals surface area (Å²) < 4.78 is 18.4. The number of hydrogen-bond acceptors (Lipinski definition) is 2. The predicted molar refractivity (Wildman–Crippen MR) is 80.7 cm³/mol. The van der Waals surface area contributed by atoms with Crippen molar-refractivity contribution >= 4 is 40.7 Å². The highest BCUT2D eigenvalue weighted by Gasteiger charge is 2.13. The summed E-state index contributed by atoms with van der Waals surface area (Å²) in [5.41, 5.74) is 5.90. The number of hydrogen-bond donors (Lipinski definition) is 1. The minimum absolute atomic E-state index is 0.0501. The zero-order valence-electron chi connectivity index (χ0n) is 10.5. The van der Waals surface area contributed by atoms with Crippen LogP contribution in [0.3, 0.4) is 0 Å². The third-order valence-electron chi connectivity index (χ3n) is 2.67. The van der Waals surface area contributed by atoms with E-state index in [0.29, 0.717) is 5.56 Å². The highest BCUT2D eigenvalue weighted by molar-refractivity contribution is 6.37. The molecule has 0 aliphatic carbocycles. The van der Waals surface area contributed by atoms with Gasteiger partial charge in [0.05, 0.1) is 15.1 Å². The van der Waals surface area contributed by atoms with Crippen molar-refractivity contribution in [3.63, 3.8) is 0 Å². The molecule has 0 bridgehead atoms. The van der Waals surface area contributed by atoms with Crippen LogP contribution in [0, 0.1) is 5.82 Å². The van der Waals surface area contributed by atoms with Gasteiger partial charge in [0, 0.05) is 11.1 Å². The summed E-state index contributed by atoms with van der Waals surface area (Å²) in [4.78, 5) is 11.1. The SMILES string of the molecule is NC(=O)c1cc(Cl)c(OCc2ccc(F)cc2Cl)c(Cl)c1. The molecule has 0 aliphatic heterocycles. The second kappa shape index (κ2) is 6.52. The first-order valence-corrected chi connectivity index (χ1v) is 6.87. The van der Waals surface area contributed by atoms with Crippen LogP contribution in [0.4, 0.5) is 4.39 Å². The molecule has 1 amide bonds. The molecular formula is C14H9Cl3FNO2. The van der Waals surface area contributed by atoms with E-state index in [1.807, 2.05) is 0 Å². The Morgan fingerprint density at radius 3 is 2.24 bits per heavy atom. The van der Waals surface area contributed by atoms with Gasteiger partial charge in [0.1, 0.15) is 12.4 Å². The van der Waals surface area contributed by atoms with Crippen LogP contribution in [-0.2, 0) is 6.61 Å². The Morgan fingerprint density at radius 1 is 1.10 bits per heavy atom. The minimum atomic E-state index is -0.646. The van der Waals surface area contributed by atoms with Gasteiger partial charge in [-0.2, -0.15) is 0 Å². The number of benzene rings is 2. The molecule has 2 aromatic carbocycles. The van der Waals surface area contributed by atoms with E-state index in [0.717, 1.165) is 0 Å². The van der Waals surface area contributed by atoms with E-state index < -0.39 is 11.7 Å². The summed E-state index contributed by atoms with van der Waals surface area (Å²) in [5, 5.41) is 0.528. The largest absolute Gasteiger partial charge is 0.486 e. The topological polar surface area (TPSA) is 52.3 Å². The first-order chi connectivity index (χ1) is 9.88. The normalized spacial score (nSPS) is 10.5. The van der Waals surface area contributed by atoms with Crippen molar-refractivity contribution in [2.75, 3.05) is 0 Å². The molecule has 2 N–H and O–H groups in total. The standard InChI is InChI=1S/C14H9Cl3FNO2/c15-10-5-9(18)2-1-7(10)6-21-13-11(16)3-8(14(19)20)4-12(13)17/h1-5H,6H2,(H2,19,20). The lowest BCUT2D eigenvalue weighted by Gasteiger charge is -2.12. The molecule has 21 heavy (non-hydrogen) atoms. The summed E-state index contributed by atoms with van der Waals surface area (Å²) in [5.74, 6) is -0.888. The van der Waals surface area contributed by atoms with E-state index in [1.54, 1.807) is 0 Å². The lowest BCUT2D eigenvalue weighted by Crippen LogP contribution is -2.11. The average molecular weight is 349 g/mol. The molecule has 0 radical (unpaired) electrons. The van der Waals surface area contributed by atoms with E-state index in [4.69, 9.17) is 45.3 Å². The Morgan fingerprint density at radius 2 is 1.71 bits per heavy atom. The highest BCUT2D eigenvalue weighted by atomic mass is 35.5. The maximum Gasteiger partial charge on any atom is 0.248 e. The fourth-order valence-electron chi connectivity index (χ4n) is 1.63. The average Bonchev–Trinajstić information content (AvgIpc) is 2.39. The Hall–Kier alpha value is -1.49. The Balaban J connectivity index is 2.22. The van der Waals surface area contributed by atoms with Crippen LogP contribution in [0.15, 0.2) is 30.3 Å². The molecule has 0 saturated carbocycles. The molecule has 0 fully saturated rings. The van der Waals surface area contributed by atoms with Gasteiger partial charge in [-0.3, -0.25) is 4.79 Å². The van der Waals surface area contributed by atoms with Crippen LogP contribution in [0.1, 0.15) is 15.9 Å². The van der Waals surface area contributed by atoms with Crippen molar-refractivity contribution < 1.29 is 13.9 Å². The Bertz CT molecular complexity index is 684. The number of primary amides is 1. The molecule has 0 spiro atoms. The van der Waals surface area contributed by atoms with Crippen LogP contribution in [0.5, 0.6) is 5.75 Å². The number of carbonyl (C=O) groups is 1. The second-order valence-electron chi connectivity index (χ2n) is 4.16. The molecule has 2 aromatic rings. The zero-order chi connectivity index (χ0) is 15.6. The van der Waals surface area contributed by atoms with Crippen LogP contribution in [0.2, 0.25) is 15.1 Å². The van der Waals surface area contributed by atoms with Crippen molar-refractivity contribution in [2.45, 2.75) is 6.61 Å². The van der Waals surface area contributed by atoms with Gasteiger partial charge in [-0.15, -0.1) is 0 Å². The molecule has 0 heterocycles. The number of halogens is 4. The molecule has 0 unspecified atom stereocenters. The smallest absolute Gasteiger partial charge is 0.248 e. The fraction of sp³-hybridized carbons (Fsp3) is 0.0714. The van der Waals surface area contributed by atoms with Gasteiger partial charge < -0.3 is 10.5 Å². The van der Waals surface area contributed by atoms with Gasteiger partial charge in [0.25, 0.3) is 0 Å². The molecule has 0 saturated heterocycles. The summed E-state index contributed by atoms with van der Waals surface area (Å²) in [6, 6.07) is 6.66. The van der Waals surface area contributed by atoms with Crippen molar-refractivity contribution in [3.8, 4) is 5.75 Å². The zero-order valence-corrected chi connectivity index (χ0v) is 12.8. The van der Waals surface area contributed by atoms with Gasteiger partial charge >= 0.3 is 0 Å². The number of carbonyl (C=O) groups excluding carboxylic acids is 1. The first kappa shape index (κ1) is 15.9. The van der Waals surface area contributed by atoms with Crippen LogP contribution >= 0.6 is 34.8 Å². The van der Waals surface area contributed by atoms with Crippen molar-refractivity contribution in [1.29, 1.82) is 0 Å². The van der Waals surface area contributed by atoms with Gasteiger partial charge in [0.2, 0.25) is 5.91 Å². The number of nitrogens with two attached hydrogens (primary N) is 1. The van der Waals surface area contributed by atoms with Crippen LogP contribution in [0.25, 0.3) is 0 Å². The third kappa shape index (κ3) is 3.79. The monoisotopic (exact) mass is 347 g/mol. The maximum absolute atomic E-state index is 12.9. The maximum atomic E-state index is 12.9. The molecule has 110 valence electrons. The molecule has 3 nitrogen and oxygen atoms in total. The van der Waals surface area contributed by atoms with Gasteiger partial charge in [-0.25, -0.2) is 4.39 Å². The van der Waals surface area contributed by atoms with Gasteiger partial charge in [0.15, 0.2) is 5.75 Å². The van der Waals surface area contributed by atoms with E-state index >= 15 is 0 Å². The van der Waals surface area contributed by atoms with E-state index in [9.17, 15) is 9.18 Å².